The molecule has 2 rings (SSSR count). The lowest BCUT2D eigenvalue weighted by molar-refractivity contribution is 0.703. The molecule has 0 saturated carbocycles. The molecule has 62 valence electrons. The van der Waals surface area contributed by atoms with Crippen molar-refractivity contribution in [3.63, 3.8) is 0 Å². The lowest BCUT2D eigenvalue weighted by atomic mass is 9.91. The highest BCUT2D eigenvalue weighted by atomic mass is 14.8. The van der Waals surface area contributed by atoms with Crippen molar-refractivity contribution in [1.82, 2.24) is 0 Å². The Kier molecular flexibility index (Phi) is 1.94. The number of hydrogen-bond donors (Lipinski definition) is 0. The summed E-state index contributed by atoms with van der Waals surface area (Å²) < 4.78 is 0. The van der Waals surface area contributed by atoms with Crippen molar-refractivity contribution in [3.05, 3.63) is 36.0 Å². The second kappa shape index (κ2) is 3.10. The van der Waals surface area contributed by atoms with E-state index in [0.717, 1.165) is 6.42 Å². The first kappa shape index (κ1) is 7.53. The van der Waals surface area contributed by atoms with Crippen LogP contribution in [0.15, 0.2) is 40.9 Å². The topological polar surface area (TPSA) is 12.4 Å². The molecule has 1 heteroatoms. The number of hydrogen-bond acceptors (Lipinski definition) is 1. The lowest BCUT2D eigenvalue weighted by Crippen LogP contribution is -2.12. The van der Waals surface area contributed by atoms with Gasteiger partial charge in [0.1, 0.15) is 0 Å². The van der Waals surface area contributed by atoms with Gasteiger partial charge in [-0.3, -0.25) is 4.99 Å². The molecule has 0 radical (unpaired) electrons. The third-order valence-corrected chi connectivity index (χ3v) is 2.33. The fraction of sp³-hybridized carbons (Fsp3) is 0.364. The Bertz CT molecular complexity index is 281. The van der Waals surface area contributed by atoms with Crippen LogP contribution in [0.5, 0.6) is 0 Å². The molecule has 12 heavy (non-hydrogen) atoms. The van der Waals surface area contributed by atoms with Gasteiger partial charge in [0, 0.05) is 12.1 Å². The Morgan fingerprint density at radius 1 is 1.42 bits per heavy atom. The first-order chi connectivity index (χ1) is 5.92. The largest absolute Gasteiger partial charge is 0.284 e. The van der Waals surface area contributed by atoms with Crippen LogP contribution in [0.1, 0.15) is 13.3 Å². The number of aliphatic imine (C=N–C) groups is 1. The fourth-order valence-corrected chi connectivity index (χ4v) is 1.73. The highest BCUT2D eigenvalue weighted by Crippen LogP contribution is 2.27. The van der Waals surface area contributed by atoms with Crippen LogP contribution >= 0.6 is 0 Å². The zero-order valence-electron chi connectivity index (χ0n) is 7.27. The van der Waals surface area contributed by atoms with E-state index in [4.69, 9.17) is 0 Å². The average molecular weight is 159 g/mol. The quantitative estimate of drug-likeness (QED) is 0.557. The summed E-state index contributed by atoms with van der Waals surface area (Å²) >= 11 is 0. The van der Waals surface area contributed by atoms with Crippen molar-refractivity contribution in [3.8, 4) is 0 Å². The van der Waals surface area contributed by atoms with E-state index in [9.17, 15) is 0 Å². The Morgan fingerprint density at radius 2 is 2.25 bits per heavy atom. The summed E-state index contributed by atoms with van der Waals surface area (Å²) in [7, 11) is 0. The highest BCUT2D eigenvalue weighted by molar-refractivity contribution is 5.83. The minimum atomic E-state index is 0.382. The van der Waals surface area contributed by atoms with Gasteiger partial charge in [0.2, 0.25) is 0 Å². The third-order valence-electron chi connectivity index (χ3n) is 2.33. The van der Waals surface area contributed by atoms with Gasteiger partial charge >= 0.3 is 0 Å². The van der Waals surface area contributed by atoms with Gasteiger partial charge < -0.3 is 0 Å². The molecule has 2 aliphatic rings. The van der Waals surface area contributed by atoms with Gasteiger partial charge in [0.05, 0.1) is 6.04 Å². The van der Waals surface area contributed by atoms with Crippen LogP contribution in [-0.4, -0.2) is 12.3 Å². The Hall–Kier alpha value is -1.11. The molecule has 0 amide bonds. The van der Waals surface area contributed by atoms with Crippen molar-refractivity contribution < 1.29 is 0 Å². The predicted molar refractivity (Wildman–Crippen MR) is 52.4 cm³/mol. The minimum Gasteiger partial charge on any atom is -0.284 e. The van der Waals surface area contributed by atoms with Gasteiger partial charge in [0.25, 0.3) is 0 Å². The predicted octanol–water partition coefficient (Wildman–Crippen LogP) is 2.52. The van der Waals surface area contributed by atoms with Crippen molar-refractivity contribution >= 4 is 6.21 Å². The molecule has 0 aromatic carbocycles. The van der Waals surface area contributed by atoms with Crippen LogP contribution in [0.2, 0.25) is 0 Å². The van der Waals surface area contributed by atoms with Crippen LogP contribution in [0.3, 0.4) is 0 Å². The van der Waals surface area contributed by atoms with Gasteiger partial charge in [-0.1, -0.05) is 37.3 Å². The number of allylic oxidation sites excluding steroid dienone is 3. The van der Waals surface area contributed by atoms with Crippen LogP contribution < -0.4 is 0 Å². The molecule has 0 N–H and O–H groups in total. The molecule has 0 spiro atoms. The van der Waals surface area contributed by atoms with Gasteiger partial charge in [-0.15, -0.1) is 0 Å². The van der Waals surface area contributed by atoms with Crippen LogP contribution in [0.4, 0.5) is 0 Å². The molecular weight excluding hydrogens is 146 g/mol. The fourth-order valence-electron chi connectivity index (χ4n) is 1.73. The first-order valence-electron chi connectivity index (χ1n) is 4.50. The van der Waals surface area contributed by atoms with E-state index in [1.54, 1.807) is 0 Å². The van der Waals surface area contributed by atoms with E-state index >= 15 is 0 Å². The summed E-state index contributed by atoms with van der Waals surface area (Å²) in [6, 6.07) is 0.382. The van der Waals surface area contributed by atoms with E-state index in [1.165, 1.54) is 5.57 Å². The molecule has 0 saturated heterocycles. The molecule has 1 nitrogen and oxygen atoms in total. The highest BCUT2D eigenvalue weighted by Gasteiger charge is 2.24. The summed E-state index contributed by atoms with van der Waals surface area (Å²) in [5, 5.41) is 0. The third kappa shape index (κ3) is 1.15. The van der Waals surface area contributed by atoms with Crippen LogP contribution in [0.25, 0.3) is 0 Å². The summed E-state index contributed by atoms with van der Waals surface area (Å²) in [5.74, 6) is 0.523. The van der Waals surface area contributed by atoms with Gasteiger partial charge in [-0.25, -0.2) is 0 Å². The van der Waals surface area contributed by atoms with Gasteiger partial charge in [-0.2, -0.15) is 0 Å². The molecule has 2 atom stereocenters. The van der Waals surface area contributed by atoms with Crippen molar-refractivity contribution in [2.45, 2.75) is 19.4 Å². The lowest BCUT2D eigenvalue weighted by Gasteiger charge is -2.14. The van der Waals surface area contributed by atoms with Gasteiger partial charge in [0.15, 0.2) is 0 Å². The Balaban J connectivity index is 2.24. The maximum Gasteiger partial charge on any atom is 0.0786 e. The van der Waals surface area contributed by atoms with Gasteiger partial charge in [-0.05, 0) is 12.0 Å². The van der Waals surface area contributed by atoms with E-state index in [2.05, 4.69) is 42.3 Å². The smallest absolute Gasteiger partial charge is 0.0786 e. The average Bonchev–Trinajstić information content (AvgIpc) is 2.50. The molecular formula is C11H13N. The van der Waals surface area contributed by atoms with E-state index in [0.29, 0.717) is 12.0 Å². The van der Waals surface area contributed by atoms with E-state index in [-0.39, 0.29) is 0 Å². The van der Waals surface area contributed by atoms with Crippen molar-refractivity contribution in [2.75, 3.05) is 0 Å². The molecule has 1 heterocycles. The number of rotatable bonds is 1. The monoisotopic (exact) mass is 159 g/mol. The standard InChI is InChI=1S/C11H13N/c1-2-5-9-8-12-11-7-4-3-6-10(9)11/h3-8,10-11H,2H2,1H3. The van der Waals surface area contributed by atoms with Crippen molar-refractivity contribution in [1.29, 1.82) is 0 Å². The van der Waals surface area contributed by atoms with E-state index in [1.807, 2.05) is 6.21 Å². The summed E-state index contributed by atoms with van der Waals surface area (Å²) in [4.78, 5) is 4.43. The van der Waals surface area contributed by atoms with Crippen LogP contribution in [0, 0.1) is 5.92 Å². The Labute approximate surface area is 73.2 Å². The SMILES string of the molecule is CCC=C1C=NC2C=CC=CC12. The van der Waals surface area contributed by atoms with Crippen LogP contribution in [-0.2, 0) is 0 Å². The molecule has 2 unspecified atom stereocenters. The zero-order valence-corrected chi connectivity index (χ0v) is 7.27. The molecule has 0 aromatic rings. The molecule has 1 aliphatic heterocycles. The second-order valence-corrected chi connectivity index (χ2v) is 3.18. The summed E-state index contributed by atoms with van der Waals surface area (Å²) in [6.07, 6.45) is 14.0. The van der Waals surface area contributed by atoms with Crippen molar-refractivity contribution in [2.24, 2.45) is 10.9 Å². The molecule has 1 aliphatic carbocycles. The minimum absolute atomic E-state index is 0.382. The summed E-state index contributed by atoms with van der Waals surface area (Å²) in [6.45, 7) is 2.16. The maximum atomic E-state index is 4.43. The number of fused-ring (bicyclic) bond motifs is 1. The van der Waals surface area contributed by atoms with E-state index < -0.39 is 0 Å². The number of nitrogens with zero attached hydrogens (tertiary/aromatic N) is 1. The normalized spacial score (nSPS) is 34.6. The maximum absolute atomic E-state index is 4.43. The first-order valence-corrected chi connectivity index (χ1v) is 4.50. The molecule has 0 fully saturated rings. The Morgan fingerprint density at radius 3 is 3.08 bits per heavy atom. The molecule has 0 aromatic heterocycles. The summed E-state index contributed by atoms with van der Waals surface area (Å²) in [5.41, 5.74) is 1.38. The second-order valence-electron chi connectivity index (χ2n) is 3.18. The molecule has 0 bridgehead atoms. The zero-order chi connectivity index (χ0) is 8.39.